The molecule has 4 rings (SSSR count). The van der Waals surface area contributed by atoms with Gasteiger partial charge in [-0.2, -0.15) is 0 Å². The smallest absolute Gasteiger partial charge is 0.330 e. The monoisotopic (exact) mass is 366 g/mol. The number of carbonyl (C=O) groups excluding carboxylic acids is 2. The summed E-state index contributed by atoms with van der Waals surface area (Å²) in [5.74, 6) is -0.266. The first kappa shape index (κ1) is 17.7. The SMILES string of the molecule is O=C1NC(c2ccccc2)(c2ccccc2)C(=O)N1C[NH+]1CCC[C@@H](O)C1. The van der Waals surface area contributed by atoms with Crippen molar-refractivity contribution in [3.8, 4) is 0 Å². The fourth-order valence-electron chi connectivity index (χ4n) is 4.15. The minimum atomic E-state index is -1.21. The van der Waals surface area contributed by atoms with Crippen molar-refractivity contribution < 1.29 is 19.6 Å². The van der Waals surface area contributed by atoms with E-state index in [4.69, 9.17) is 0 Å². The van der Waals surface area contributed by atoms with Crippen LogP contribution in [0, 0.1) is 0 Å². The molecule has 2 aromatic rings. The Labute approximate surface area is 158 Å². The first-order valence-electron chi connectivity index (χ1n) is 9.38. The van der Waals surface area contributed by atoms with Crippen LogP contribution in [0.5, 0.6) is 0 Å². The first-order valence-corrected chi connectivity index (χ1v) is 9.38. The van der Waals surface area contributed by atoms with Gasteiger partial charge in [0.05, 0.1) is 6.54 Å². The third kappa shape index (κ3) is 3.11. The number of carbonyl (C=O) groups is 2. The molecule has 140 valence electrons. The van der Waals surface area contributed by atoms with Crippen LogP contribution in [0.1, 0.15) is 24.0 Å². The number of benzene rings is 2. The molecule has 6 heteroatoms. The van der Waals surface area contributed by atoms with Crippen LogP contribution in [0.25, 0.3) is 0 Å². The molecule has 2 fully saturated rings. The van der Waals surface area contributed by atoms with Gasteiger partial charge in [-0.05, 0) is 24.0 Å². The number of nitrogens with zero attached hydrogens (tertiary/aromatic N) is 1. The van der Waals surface area contributed by atoms with Crippen LogP contribution in [0.2, 0.25) is 0 Å². The third-order valence-electron chi connectivity index (χ3n) is 5.49. The van der Waals surface area contributed by atoms with Gasteiger partial charge < -0.3 is 15.3 Å². The molecule has 0 bridgehead atoms. The highest BCUT2D eigenvalue weighted by atomic mass is 16.3. The van der Waals surface area contributed by atoms with Gasteiger partial charge in [-0.3, -0.25) is 4.79 Å². The quantitative estimate of drug-likeness (QED) is 0.689. The molecule has 2 aliphatic heterocycles. The maximum absolute atomic E-state index is 13.6. The van der Waals surface area contributed by atoms with Crippen LogP contribution in [-0.2, 0) is 10.3 Å². The lowest BCUT2D eigenvalue weighted by atomic mass is 9.83. The molecule has 0 aromatic heterocycles. The second kappa shape index (κ2) is 7.13. The molecule has 0 spiro atoms. The lowest BCUT2D eigenvalue weighted by Crippen LogP contribution is -3.15. The lowest BCUT2D eigenvalue weighted by Gasteiger charge is -2.30. The standard InChI is InChI=1S/C21H23N3O3/c25-18-12-7-13-23(14-18)15-24-19(26)21(22-20(24)27,16-8-3-1-4-9-16)17-10-5-2-6-11-17/h1-6,8-11,18,25H,7,12-15H2,(H,22,27)/p+1/t18-/m1/s1. The fraction of sp³-hybridized carbons (Fsp3) is 0.333. The van der Waals surface area contributed by atoms with Crippen LogP contribution in [0.4, 0.5) is 4.79 Å². The van der Waals surface area contributed by atoms with E-state index < -0.39 is 5.54 Å². The summed E-state index contributed by atoms with van der Waals surface area (Å²) in [6, 6.07) is 18.3. The number of piperidine rings is 1. The Morgan fingerprint density at radius 2 is 1.63 bits per heavy atom. The number of hydrogen-bond donors (Lipinski definition) is 3. The van der Waals surface area contributed by atoms with Gasteiger partial charge in [0.2, 0.25) is 0 Å². The van der Waals surface area contributed by atoms with Gasteiger partial charge >= 0.3 is 6.03 Å². The number of amides is 3. The summed E-state index contributed by atoms with van der Waals surface area (Å²) < 4.78 is 0. The number of rotatable bonds is 4. The number of urea groups is 1. The summed E-state index contributed by atoms with van der Waals surface area (Å²) in [5, 5.41) is 12.9. The van der Waals surface area contributed by atoms with Crippen molar-refractivity contribution in [2.75, 3.05) is 19.8 Å². The molecule has 0 radical (unpaired) electrons. The third-order valence-corrected chi connectivity index (χ3v) is 5.49. The molecule has 3 N–H and O–H groups in total. The highest BCUT2D eigenvalue weighted by Crippen LogP contribution is 2.35. The minimum absolute atomic E-state index is 0.266. The van der Waals surface area contributed by atoms with Gasteiger partial charge in [-0.25, -0.2) is 9.69 Å². The average molecular weight is 366 g/mol. The van der Waals surface area contributed by atoms with Gasteiger partial charge in [0.1, 0.15) is 12.6 Å². The predicted molar refractivity (Wildman–Crippen MR) is 99.8 cm³/mol. The summed E-state index contributed by atoms with van der Waals surface area (Å²) in [5.41, 5.74) is 0.268. The predicted octanol–water partition coefficient (Wildman–Crippen LogP) is 0.479. The van der Waals surface area contributed by atoms with Crippen LogP contribution < -0.4 is 10.2 Å². The Kier molecular flexibility index (Phi) is 4.68. The van der Waals surface area contributed by atoms with E-state index in [9.17, 15) is 14.7 Å². The zero-order valence-corrected chi connectivity index (χ0v) is 15.1. The molecule has 1 unspecified atom stereocenters. The fourth-order valence-corrected chi connectivity index (χ4v) is 4.15. The highest BCUT2D eigenvalue weighted by Gasteiger charge is 2.54. The Balaban J connectivity index is 1.71. The molecule has 27 heavy (non-hydrogen) atoms. The van der Waals surface area contributed by atoms with E-state index in [0.717, 1.165) is 35.4 Å². The van der Waals surface area contributed by atoms with Crippen molar-refractivity contribution in [3.05, 3.63) is 71.8 Å². The molecule has 0 aliphatic carbocycles. The van der Waals surface area contributed by atoms with E-state index in [-0.39, 0.29) is 24.7 Å². The van der Waals surface area contributed by atoms with Crippen molar-refractivity contribution >= 4 is 11.9 Å². The Morgan fingerprint density at radius 3 is 2.19 bits per heavy atom. The number of nitrogens with one attached hydrogen (secondary N) is 2. The number of aliphatic hydroxyl groups excluding tert-OH is 1. The Hall–Kier alpha value is -2.70. The molecular weight excluding hydrogens is 342 g/mol. The topological polar surface area (TPSA) is 74.1 Å². The maximum Gasteiger partial charge on any atom is 0.330 e. The van der Waals surface area contributed by atoms with E-state index in [1.165, 1.54) is 4.90 Å². The van der Waals surface area contributed by atoms with Crippen molar-refractivity contribution in [1.29, 1.82) is 0 Å². The summed E-state index contributed by atoms with van der Waals surface area (Å²) in [4.78, 5) is 28.7. The van der Waals surface area contributed by atoms with Crippen molar-refractivity contribution in [1.82, 2.24) is 10.2 Å². The van der Waals surface area contributed by atoms with Crippen LogP contribution in [0.15, 0.2) is 60.7 Å². The van der Waals surface area contributed by atoms with E-state index in [1.54, 1.807) is 0 Å². The molecule has 2 aliphatic rings. The van der Waals surface area contributed by atoms with Crippen molar-refractivity contribution in [2.45, 2.75) is 24.5 Å². The Morgan fingerprint density at radius 1 is 1.04 bits per heavy atom. The van der Waals surface area contributed by atoms with E-state index in [2.05, 4.69) is 5.32 Å². The van der Waals surface area contributed by atoms with Gasteiger partial charge in [-0.1, -0.05) is 60.7 Å². The molecular formula is C21H24N3O3+. The largest absolute Gasteiger partial charge is 0.387 e. The maximum atomic E-state index is 13.6. The van der Waals surface area contributed by atoms with Crippen molar-refractivity contribution in [2.24, 2.45) is 0 Å². The first-order chi connectivity index (χ1) is 13.1. The lowest BCUT2D eigenvalue weighted by molar-refractivity contribution is -0.915. The number of hydrogen-bond acceptors (Lipinski definition) is 3. The summed E-state index contributed by atoms with van der Waals surface area (Å²) >= 11 is 0. The van der Waals surface area contributed by atoms with Crippen LogP contribution >= 0.6 is 0 Å². The van der Waals surface area contributed by atoms with Gasteiger partial charge in [0, 0.05) is 0 Å². The number of aliphatic hydroxyl groups is 1. The van der Waals surface area contributed by atoms with E-state index in [0.29, 0.717) is 6.54 Å². The molecule has 6 nitrogen and oxygen atoms in total. The number of likely N-dealkylation sites (tertiary alicyclic amines) is 1. The number of quaternary nitrogens is 1. The summed E-state index contributed by atoms with van der Waals surface area (Å²) in [7, 11) is 0. The zero-order chi connectivity index (χ0) is 18.9. The normalized spacial score (nSPS) is 24.7. The Bertz CT molecular complexity index is 786. The summed E-state index contributed by atoms with van der Waals surface area (Å²) in [6.45, 7) is 1.67. The van der Waals surface area contributed by atoms with Crippen LogP contribution in [0.3, 0.4) is 0 Å². The van der Waals surface area contributed by atoms with Gasteiger partial charge in [0.25, 0.3) is 5.91 Å². The molecule has 2 heterocycles. The molecule has 2 aromatic carbocycles. The second-order valence-electron chi connectivity index (χ2n) is 7.30. The second-order valence-corrected chi connectivity index (χ2v) is 7.30. The molecule has 2 saturated heterocycles. The van der Waals surface area contributed by atoms with Crippen LogP contribution in [-0.4, -0.2) is 47.8 Å². The highest BCUT2D eigenvalue weighted by molar-refractivity contribution is 6.09. The molecule has 2 atom stereocenters. The number of imide groups is 1. The minimum Gasteiger partial charge on any atom is -0.387 e. The summed E-state index contributed by atoms with van der Waals surface area (Å²) in [6.07, 6.45) is 1.30. The molecule has 3 amide bonds. The van der Waals surface area contributed by atoms with E-state index in [1.807, 2.05) is 60.7 Å². The van der Waals surface area contributed by atoms with Gasteiger partial charge in [-0.15, -0.1) is 0 Å². The van der Waals surface area contributed by atoms with Gasteiger partial charge in [0.15, 0.2) is 12.2 Å². The zero-order valence-electron chi connectivity index (χ0n) is 15.1. The van der Waals surface area contributed by atoms with E-state index >= 15 is 0 Å². The van der Waals surface area contributed by atoms with Crippen molar-refractivity contribution in [3.63, 3.8) is 0 Å². The molecule has 0 saturated carbocycles. The average Bonchev–Trinajstić information content (AvgIpc) is 2.95.